The zero-order chi connectivity index (χ0) is 17.7. The van der Waals surface area contributed by atoms with Crippen molar-refractivity contribution in [1.82, 2.24) is 14.7 Å². The lowest BCUT2D eigenvalue weighted by molar-refractivity contribution is 0.290. The molecule has 2 aromatic carbocycles. The molecule has 3 aromatic rings. The number of aromatic nitrogens is 2. The van der Waals surface area contributed by atoms with E-state index in [2.05, 4.69) is 66.6 Å². The van der Waals surface area contributed by atoms with E-state index < -0.39 is 0 Å². The number of nitrogens with two attached hydrogens (primary N) is 1. The van der Waals surface area contributed by atoms with Crippen LogP contribution in [0.2, 0.25) is 0 Å². The van der Waals surface area contributed by atoms with Crippen molar-refractivity contribution in [3.05, 3.63) is 71.9 Å². The molecule has 26 heavy (non-hydrogen) atoms. The Balaban J connectivity index is 1.49. The molecule has 1 unspecified atom stereocenters. The van der Waals surface area contributed by atoms with Crippen molar-refractivity contribution in [1.29, 1.82) is 0 Å². The van der Waals surface area contributed by atoms with Crippen molar-refractivity contribution in [2.24, 2.45) is 17.6 Å². The van der Waals surface area contributed by atoms with E-state index in [1.165, 1.54) is 16.7 Å². The number of aryl methyl sites for hydroxylation is 1. The molecule has 3 atom stereocenters. The second kappa shape index (κ2) is 6.08. The van der Waals surface area contributed by atoms with Crippen LogP contribution in [0.25, 0.3) is 16.9 Å². The lowest BCUT2D eigenvalue weighted by Crippen LogP contribution is -2.27. The Kier molecular flexibility index (Phi) is 3.69. The molecule has 132 valence electrons. The molecule has 0 radical (unpaired) electrons. The van der Waals surface area contributed by atoms with Crippen molar-refractivity contribution in [2.75, 3.05) is 13.1 Å². The molecule has 1 aromatic heterocycles. The highest BCUT2D eigenvalue weighted by molar-refractivity contribution is 5.63. The van der Waals surface area contributed by atoms with Crippen LogP contribution in [0.1, 0.15) is 11.1 Å². The second-order valence-electron chi connectivity index (χ2n) is 7.75. The van der Waals surface area contributed by atoms with E-state index in [1.54, 1.807) is 0 Å². The average Bonchev–Trinajstić information content (AvgIpc) is 3.05. The van der Waals surface area contributed by atoms with E-state index in [9.17, 15) is 0 Å². The predicted octanol–water partition coefficient (Wildman–Crippen LogP) is 3.24. The summed E-state index contributed by atoms with van der Waals surface area (Å²) in [7, 11) is 0. The van der Waals surface area contributed by atoms with Gasteiger partial charge < -0.3 is 5.73 Å². The van der Waals surface area contributed by atoms with Gasteiger partial charge in [0.05, 0.1) is 11.4 Å². The SMILES string of the molecule is Cc1ccc(-c2nn(-c3ccccc3)cc2CN2C[C@@H]3C(N)[C@@H]3C2)cc1. The Bertz CT molecular complexity index is 901. The standard InChI is InChI=1S/C22H24N4/c1-15-7-9-16(10-8-15)22-17(11-25-13-19-20(14-25)21(19)23)12-26(24-22)18-5-3-2-4-6-18/h2-10,12,19-21H,11,13-14,23H2,1H3/t19-,20+,21?. The minimum Gasteiger partial charge on any atom is -0.327 e. The lowest BCUT2D eigenvalue weighted by atomic mass is 10.1. The summed E-state index contributed by atoms with van der Waals surface area (Å²) >= 11 is 0. The zero-order valence-electron chi connectivity index (χ0n) is 15.0. The van der Waals surface area contributed by atoms with Gasteiger partial charge in [0.2, 0.25) is 0 Å². The van der Waals surface area contributed by atoms with Gasteiger partial charge in [0.25, 0.3) is 0 Å². The van der Waals surface area contributed by atoms with Gasteiger partial charge in [0.15, 0.2) is 0 Å². The van der Waals surface area contributed by atoms with Crippen LogP contribution in [0.15, 0.2) is 60.8 Å². The molecule has 1 aliphatic heterocycles. The van der Waals surface area contributed by atoms with Crippen LogP contribution in [0, 0.1) is 18.8 Å². The van der Waals surface area contributed by atoms with Crippen LogP contribution >= 0.6 is 0 Å². The highest BCUT2D eigenvalue weighted by Gasteiger charge is 2.53. The number of rotatable bonds is 4. The minimum atomic E-state index is 0.440. The Labute approximate surface area is 154 Å². The van der Waals surface area contributed by atoms with Gasteiger partial charge in [-0.2, -0.15) is 5.10 Å². The van der Waals surface area contributed by atoms with Crippen LogP contribution in [0.5, 0.6) is 0 Å². The molecule has 1 saturated heterocycles. The largest absolute Gasteiger partial charge is 0.327 e. The molecule has 2 heterocycles. The fraction of sp³-hybridized carbons (Fsp3) is 0.318. The normalized spacial score (nSPS) is 24.6. The number of para-hydroxylation sites is 1. The van der Waals surface area contributed by atoms with Crippen LogP contribution in [-0.2, 0) is 6.54 Å². The van der Waals surface area contributed by atoms with Crippen molar-refractivity contribution in [3.8, 4) is 16.9 Å². The first-order valence-electron chi connectivity index (χ1n) is 9.38. The molecule has 4 heteroatoms. The van der Waals surface area contributed by atoms with Crippen LogP contribution < -0.4 is 5.73 Å². The van der Waals surface area contributed by atoms with Gasteiger partial charge in [0, 0.05) is 43.0 Å². The summed E-state index contributed by atoms with van der Waals surface area (Å²) in [6, 6.07) is 19.4. The summed E-state index contributed by atoms with van der Waals surface area (Å²) in [5, 5.41) is 4.93. The molecule has 2 N–H and O–H groups in total. The van der Waals surface area contributed by atoms with Crippen molar-refractivity contribution < 1.29 is 0 Å². The third-order valence-electron chi connectivity index (χ3n) is 5.87. The molecule has 0 spiro atoms. The van der Waals surface area contributed by atoms with Gasteiger partial charge in [-0.15, -0.1) is 0 Å². The number of nitrogens with zero attached hydrogens (tertiary/aromatic N) is 3. The number of hydrogen-bond donors (Lipinski definition) is 1. The van der Waals surface area contributed by atoms with E-state index in [4.69, 9.17) is 10.8 Å². The first-order chi connectivity index (χ1) is 12.7. The van der Waals surface area contributed by atoms with Crippen LogP contribution in [0.4, 0.5) is 0 Å². The van der Waals surface area contributed by atoms with Crippen molar-refractivity contribution in [2.45, 2.75) is 19.5 Å². The number of likely N-dealkylation sites (tertiary alicyclic amines) is 1. The number of benzene rings is 2. The van der Waals surface area contributed by atoms with Gasteiger partial charge in [-0.05, 0) is 30.9 Å². The van der Waals surface area contributed by atoms with Gasteiger partial charge in [-0.25, -0.2) is 4.68 Å². The van der Waals surface area contributed by atoms with Crippen molar-refractivity contribution in [3.63, 3.8) is 0 Å². The number of hydrogen-bond acceptors (Lipinski definition) is 3. The molecule has 4 nitrogen and oxygen atoms in total. The fourth-order valence-electron chi connectivity index (χ4n) is 4.22. The molecule has 1 aliphatic carbocycles. The zero-order valence-corrected chi connectivity index (χ0v) is 15.0. The fourth-order valence-corrected chi connectivity index (χ4v) is 4.22. The molecular formula is C22H24N4. The molecule has 2 fully saturated rings. The Morgan fingerprint density at radius 1 is 1.00 bits per heavy atom. The maximum Gasteiger partial charge on any atom is 0.0972 e. The van der Waals surface area contributed by atoms with Crippen LogP contribution in [0.3, 0.4) is 0 Å². The Hall–Kier alpha value is -2.43. The summed E-state index contributed by atoms with van der Waals surface area (Å²) in [5.41, 5.74) is 12.0. The van der Waals surface area contributed by atoms with Crippen molar-refractivity contribution >= 4 is 0 Å². The monoisotopic (exact) mass is 344 g/mol. The van der Waals surface area contributed by atoms with Gasteiger partial charge >= 0.3 is 0 Å². The smallest absolute Gasteiger partial charge is 0.0972 e. The summed E-state index contributed by atoms with van der Waals surface area (Å²) in [6.45, 7) is 5.30. The summed E-state index contributed by atoms with van der Waals surface area (Å²) in [6.07, 6.45) is 2.19. The van der Waals surface area contributed by atoms with E-state index >= 15 is 0 Å². The first kappa shape index (κ1) is 15.8. The summed E-state index contributed by atoms with van der Waals surface area (Å²) in [4.78, 5) is 2.53. The van der Waals surface area contributed by atoms with Gasteiger partial charge in [0.1, 0.15) is 0 Å². The highest BCUT2D eigenvalue weighted by atomic mass is 15.3. The van der Waals surface area contributed by atoms with Crippen LogP contribution in [-0.4, -0.2) is 33.8 Å². The molecule has 5 rings (SSSR count). The molecule has 2 aliphatic rings. The number of fused-ring (bicyclic) bond motifs is 1. The van der Waals surface area contributed by atoms with E-state index in [0.717, 1.165) is 31.0 Å². The third-order valence-corrected chi connectivity index (χ3v) is 5.87. The van der Waals surface area contributed by atoms with E-state index in [1.807, 2.05) is 10.7 Å². The Morgan fingerprint density at radius 2 is 1.69 bits per heavy atom. The highest BCUT2D eigenvalue weighted by Crippen LogP contribution is 2.44. The van der Waals surface area contributed by atoms with E-state index in [0.29, 0.717) is 17.9 Å². The predicted molar refractivity (Wildman–Crippen MR) is 104 cm³/mol. The van der Waals surface area contributed by atoms with Gasteiger partial charge in [-0.3, -0.25) is 4.90 Å². The molecule has 0 bridgehead atoms. The molecular weight excluding hydrogens is 320 g/mol. The topological polar surface area (TPSA) is 47.1 Å². The second-order valence-corrected chi connectivity index (χ2v) is 7.75. The summed E-state index contributed by atoms with van der Waals surface area (Å²) < 4.78 is 2.01. The lowest BCUT2D eigenvalue weighted by Gasteiger charge is -2.18. The maximum atomic E-state index is 6.10. The maximum absolute atomic E-state index is 6.10. The van der Waals surface area contributed by atoms with Gasteiger partial charge in [-0.1, -0.05) is 48.0 Å². The third kappa shape index (κ3) is 2.75. The first-order valence-corrected chi connectivity index (χ1v) is 9.38. The summed E-state index contributed by atoms with van der Waals surface area (Å²) in [5.74, 6) is 1.42. The number of piperidine rings is 1. The quantitative estimate of drug-likeness (QED) is 0.790. The molecule has 0 amide bonds. The Morgan fingerprint density at radius 3 is 2.38 bits per heavy atom. The average molecular weight is 344 g/mol. The minimum absolute atomic E-state index is 0.440. The molecule has 1 saturated carbocycles. The van der Waals surface area contributed by atoms with E-state index in [-0.39, 0.29) is 0 Å².